The summed E-state index contributed by atoms with van der Waals surface area (Å²) in [6.07, 6.45) is 3.32. The van der Waals surface area contributed by atoms with Crippen molar-refractivity contribution < 1.29 is 14.3 Å². The van der Waals surface area contributed by atoms with E-state index in [4.69, 9.17) is 11.6 Å². The molecular formula is C18H20ClFN2O3. The molecule has 2 aromatic rings. The molecule has 7 heteroatoms. The number of anilines is 1. The monoisotopic (exact) mass is 366 g/mol. The van der Waals surface area contributed by atoms with Crippen molar-refractivity contribution in [2.24, 2.45) is 5.92 Å². The molecule has 0 aliphatic carbocycles. The molecule has 0 spiro atoms. The number of aromatic nitrogens is 1. The van der Waals surface area contributed by atoms with Gasteiger partial charge in [-0.3, -0.25) is 4.79 Å². The molecule has 0 saturated carbocycles. The minimum Gasteiger partial charge on any atom is -0.477 e. The molecule has 3 rings (SSSR count). The van der Waals surface area contributed by atoms with E-state index in [1.807, 2.05) is 11.8 Å². The zero-order valence-corrected chi connectivity index (χ0v) is 14.9. The number of rotatable bonds is 3. The van der Waals surface area contributed by atoms with Gasteiger partial charge in [-0.1, -0.05) is 18.5 Å². The Morgan fingerprint density at radius 1 is 1.48 bits per heavy atom. The number of benzene rings is 1. The fourth-order valence-electron chi connectivity index (χ4n) is 3.56. The van der Waals surface area contributed by atoms with E-state index in [0.29, 0.717) is 36.8 Å². The zero-order chi connectivity index (χ0) is 18.3. The predicted octanol–water partition coefficient (Wildman–Crippen LogP) is 3.75. The van der Waals surface area contributed by atoms with Crippen LogP contribution < -0.4 is 10.3 Å². The highest BCUT2D eigenvalue weighted by Gasteiger charge is 2.26. The van der Waals surface area contributed by atoms with Crippen LogP contribution in [-0.2, 0) is 6.54 Å². The first-order chi connectivity index (χ1) is 11.8. The van der Waals surface area contributed by atoms with Gasteiger partial charge < -0.3 is 14.6 Å². The number of hydrogen-bond acceptors (Lipinski definition) is 3. The molecule has 1 saturated heterocycles. The Morgan fingerprint density at radius 2 is 2.20 bits per heavy atom. The van der Waals surface area contributed by atoms with Crippen LogP contribution in [0.4, 0.5) is 10.1 Å². The first kappa shape index (κ1) is 17.7. The van der Waals surface area contributed by atoms with Gasteiger partial charge in [0.25, 0.3) is 0 Å². The minimum atomic E-state index is -1.33. The lowest BCUT2D eigenvalue weighted by molar-refractivity contribution is 0.0695. The Hall–Kier alpha value is -2.08. The number of piperidine rings is 1. The van der Waals surface area contributed by atoms with E-state index in [-0.39, 0.29) is 16.0 Å². The Labute approximate surface area is 149 Å². The lowest BCUT2D eigenvalue weighted by atomic mass is 9.99. The number of nitrogens with zero attached hydrogens (tertiary/aromatic N) is 2. The van der Waals surface area contributed by atoms with Crippen LogP contribution in [0.5, 0.6) is 0 Å². The van der Waals surface area contributed by atoms with Gasteiger partial charge >= 0.3 is 5.97 Å². The van der Waals surface area contributed by atoms with Crippen molar-refractivity contribution in [2.75, 3.05) is 18.0 Å². The average molecular weight is 367 g/mol. The third kappa shape index (κ3) is 2.99. The Bertz CT molecular complexity index is 910. The second-order valence-corrected chi connectivity index (χ2v) is 6.95. The van der Waals surface area contributed by atoms with Gasteiger partial charge in [-0.05, 0) is 31.7 Å². The molecule has 0 amide bonds. The van der Waals surface area contributed by atoms with Gasteiger partial charge in [-0.2, -0.15) is 0 Å². The molecule has 25 heavy (non-hydrogen) atoms. The summed E-state index contributed by atoms with van der Waals surface area (Å²) in [5, 5.41) is 9.39. The highest BCUT2D eigenvalue weighted by Crippen LogP contribution is 2.37. The second-order valence-electron chi connectivity index (χ2n) is 6.57. The van der Waals surface area contributed by atoms with Crippen LogP contribution >= 0.6 is 11.6 Å². The molecule has 1 N–H and O–H groups in total. The number of carboxylic acids is 1. The second kappa shape index (κ2) is 6.67. The van der Waals surface area contributed by atoms with Gasteiger partial charge in [0, 0.05) is 25.8 Å². The number of hydrogen-bond donors (Lipinski definition) is 1. The quantitative estimate of drug-likeness (QED) is 0.898. The van der Waals surface area contributed by atoms with Crippen molar-refractivity contribution in [2.45, 2.75) is 33.2 Å². The van der Waals surface area contributed by atoms with Gasteiger partial charge in [-0.15, -0.1) is 0 Å². The molecule has 2 heterocycles. The molecule has 1 aliphatic heterocycles. The minimum absolute atomic E-state index is 0.00180. The lowest BCUT2D eigenvalue weighted by Gasteiger charge is -2.34. The van der Waals surface area contributed by atoms with E-state index >= 15 is 0 Å². The van der Waals surface area contributed by atoms with Crippen molar-refractivity contribution in [1.29, 1.82) is 0 Å². The van der Waals surface area contributed by atoms with Gasteiger partial charge in [-0.25, -0.2) is 9.18 Å². The van der Waals surface area contributed by atoms with Crippen LogP contribution in [0.1, 0.15) is 37.0 Å². The average Bonchev–Trinajstić information content (AvgIpc) is 2.55. The van der Waals surface area contributed by atoms with E-state index in [2.05, 4.69) is 6.92 Å². The summed E-state index contributed by atoms with van der Waals surface area (Å²) in [6.45, 7) is 5.75. The number of aromatic carboxylic acids is 1. The van der Waals surface area contributed by atoms with E-state index in [1.54, 1.807) is 4.57 Å². The molecule has 0 radical (unpaired) electrons. The molecule has 1 aromatic carbocycles. The van der Waals surface area contributed by atoms with E-state index in [0.717, 1.165) is 18.9 Å². The van der Waals surface area contributed by atoms with Crippen molar-refractivity contribution >= 4 is 34.2 Å². The van der Waals surface area contributed by atoms with Crippen LogP contribution in [-0.4, -0.2) is 28.7 Å². The van der Waals surface area contributed by atoms with Gasteiger partial charge in [0.1, 0.15) is 11.4 Å². The topological polar surface area (TPSA) is 62.5 Å². The van der Waals surface area contributed by atoms with Crippen LogP contribution in [0.15, 0.2) is 17.1 Å². The third-order valence-corrected chi connectivity index (χ3v) is 5.13. The van der Waals surface area contributed by atoms with Crippen LogP contribution in [0.3, 0.4) is 0 Å². The standard InChI is InChI=1S/C18H20ClFN2O3/c1-3-21-9-12(18(24)25)17(23)11-7-13(20)16(14(19)15(11)21)22-6-4-5-10(2)8-22/h7,9-10H,3-6,8H2,1-2H3,(H,24,25). The number of pyridine rings is 1. The van der Waals surface area contributed by atoms with Crippen LogP contribution in [0, 0.1) is 11.7 Å². The Morgan fingerprint density at radius 3 is 2.80 bits per heavy atom. The fourth-order valence-corrected chi connectivity index (χ4v) is 3.98. The van der Waals surface area contributed by atoms with Crippen molar-refractivity contribution in [3.8, 4) is 0 Å². The summed E-state index contributed by atoms with van der Waals surface area (Å²) in [5.41, 5.74) is -0.421. The van der Waals surface area contributed by atoms with Crippen molar-refractivity contribution in [1.82, 2.24) is 4.57 Å². The molecule has 1 fully saturated rings. The normalized spacial score (nSPS) is 17.9. The number of halogens is 2. The van der Waals surface area contributed by atoms with Gasteiger partial charge in [0.15, 0.2) is 0 Å². The number of carbonyl (C=O) groups is 1. The summed E-state index contributed by atoms with van der Waals surface area (Å²) in [6, 6.07) is 1.12. The molecule has 134 valence electrons. The fraction of sp³-hybridized carbons (Fsp3) is 0.444. The predicted molar refractivity (Wildman–Crippen MR) is 96.4 cm³/mol. The number of carboxylic acid groups (broad SMARTS) is 1. The van der Waals surface area contributed by atoms with E-state index in [9.17, 15) is 19.1 Å². The zero-order valence-electron chi connectivity index (χ0n) is 14.2. The van der Waals surface area contributed by atoms with Crippen LogP contribution in [0.25, 0.3) is 10.9 Å². The maximum absolute atomic E-state index is 14.8. The Kier molecular flexibility index (Phi) is 4.73. The first-order valence-corrected chi connectivity index (χ1v) is 8.76. The number of fused-ring (bicyclic) bond motifs is 1. The molecule has 1 aliphatic rings. The third-order valence-electron chi connectivity index (χ3n) is 4.77. The summed E-state index contributed by atoms with van der Waals surface area (Å²) >= 11 is 6.53. The van der Waals surface area contributed by atoms with Gasteiger partial charge in [0.2, 0.25) is 5.43 Å². The van der Waals surface area contributed by atoms with E-state index in [1.165, 1.54) is 6.20 Å². The molecule has 1 unspecified atom stereocenters. The van der Waals surface area contributed by atoms with Crippen LogP contribution in [0.2, 0.25) is 5.02 Å². The summed E-state index contributed by atoms with van der Waals surface area (Å²) in [5.74, 6) is -1.49. The summed E-state index contributed by atoms with van der Waals surface area (Å²) < 4.78 is 16.4. The molecule has 1 atom stereocenters. The summed E-state index contributed by atoms with van der Waals surface area (Å²) in [7, 11) is 0. The van der Waals surface area contributed by atoms with Crippen molar-refractivity contribution in [3.05, 3.63) is 38.9 Å². The SMILES string of the molecule is CCn1cc(C(=O)O)c(=O)c2cc(F)c(N3CCCC(C)C3)c(Cl)c21. The highest BCUT2D eigenvalue weighted by molar-refractivity contribution is 6.38. The maximum atomic E-state index is 14.8. The molecular weight excluding hydrogens is 347 g/mol. The Balaban J connectivity index is 2.31. The molecule has 5 nitrogen and oxygen atoms in total. The molecule has 0 bridgehead atoms. The first-order valence-electron chi connectivity index (χ1n) is 8.38. The number of aryl methyl sites for hydroxylation is 1. The van der Waals surface area contributed by atoms with E-state index < -0.39 is 17.2 Å². The maximum Gasteiger partial charge on any atom is 0.341 e. The molecule has 1 aromatic heterocycles. The summed E-state index contributed by atoms with van der Waals surface area (Å²) in [4.78, 5) is 25.7. The largest absolute Gasteiger partial charge is 0.477 e. The lowest BCUT2D eigenvalue weighted by Crippen LogP contribution is -2.35. The smallest absolute Gasteiger partial charge is 0.341 e. The van der Waals surface area contributed by atoms with Gasteiger partial charge in [0.05, 0.1) is 21.6 Å². The highest BCUT2D eigenvalue weighted by atomic mass is 35.5. The van der Waals surface area contributed by atoms with Crippen molar-refractivity contribution in [3.63, 3.8) is 0 Å².